The molecule has 0 aromatic carbocycles. The van der Waals surface area contributed by atoms with Crippen LogP contribution in [0.5, 0.6) is 0 Å². The number of amides is 1. The van der Waals surface area contributed by atoms with E-state index in [0.717, 1.165) is 6.08 Å². The van der Waals surface area contributed by atoms with Gasteiger partial charge in [-0.05, 0) is 19.9 Å². The third kappa shape index (κ3) is 5.04. The summed E-state index contributed by atoms with van der Waals surface area (Å²) in [5.74, 6) is -1.62. The third-order valence-electron chi connectivity index (χ3n) is 1.70. The van der Waals surface area contributed by atoms with E-state index in [1.807, 2.05) is 0 Å². The minimum absolute atomic E-state index is 0.0227. The molecule has 0 saturated carbocycles. The van der Waals surface area contributed by atoms with Crippen molar-refractivity contribution in [1.29, 1.82) is 0 Å². The summed E-state index contributed by atoms with van der Waals surface area (Å²) in [4.78, 5) is 11.2. The Hall–Kier alpha value is -0.610. The van der Waals surface area contributed by atoms with Gasteiger partial charge in [-0.1, -0.05) is 24.8 Å². The number of nitrogens with one attached hydrogen (secondary N) is 1. The van der Waals surface area contributed by atoms with Crippen LogP contribution < -0.4 is 5.32 Å². The zero-order valence-corrected chi connectivity index (χ0v) is 11.6. The Morgan fingerprint density at radius 1 is 1.47 bits per heavy atom. The molecule has 0 spiro atoms. The number of carbonyl (C=O) groups excluding carboxylic acids is 1. The summed E-state index contributed by atoms with van der Waals surface area (Å²) in [6.07, 6.45) is 1.04. The van der Waals surface area contributed by atoms with Crippen LogP contribution in [0.1, 0.15) is 13.8 Å². The highest BCUT2D eigenvalue weighted by Crippen LogP contribution is 2.54. The van der Waals surface area contributed by atoms with Crippen LogP contribution in [0.15, 0.2) is 24.3 Å². The van der Waals surface area contributed by atoms with Crippen molar-refractivity contribution in [1.82, 2.24) is 5.32 Å². The smallest absolute Gasteiger partial charge is 0.334 e. The van der Waals surface area contributed by atoms with Crippen molar-refractivity contribution in [2.24, 2.45) is 0 Å². The Bertz CT molecular complexity index is 335. The molecule has 1 N–H and O–H groups in total. The highest BCUT2D eigenvalue weighted by Gasteiger charge is 2.38. The van der Waals surface area contributed by atoms with Crippen LogP contribution in [0, 0.1) is 0 Å². The van der Waals surface area contributed by atoms with E-state index in [2.05, 4.69) is 18.5 Å². The summed E-state index contributed by atoms with van der Waals surface area (Å²) in [7, 11) is -3.56. The van der Waals surface area contributed by atoms with Gasteiger partial charge in [-0.25, -0.2) is 0 Å². The molecule has 5 nitrogen and oxygen atoms in total. The van der Waals surface area contributed by atoms with Crippen LogP contribution in [-0.4, -0.2) is 24.9 Å². The zero-order chi connectivity index (χ0) is 13.5. The summed E-state index contributed by atoms with van der Waals surface area (Å²) in [6.45, 7) is 10.4. The minimum atomic E-state index is -3.56. The molecule has 0 saturated heterocycles. The maximum atomic E-state index is 12.4. The van der Waals surface area contributed by atoms with E-state index < -0.39 is 19.3 Å². The van der Waals surface area contributed by atoms with Gasteiger partial charge in [0.25, 0.3) is 0 Å². The van der Waals surface area contributed by atoms with Gasteiger partial charge in [-0.3, -0.25) is 9.36 Å². The van der Waals surface area contributed by atoms with E-state index >= 15 is 0 Å². The van der Waals surface area contributed by atoms with Crippen LogP contribution in [-0.2, 0) is 18.4 Å². The fraction of sp³-hybridized carbons (Fsp3) is 0.500. The first-order chi connectivity index (χ1) is 7.91. The van der Waals surface area contributed by atoms with Crippen molar-refractivity contribution >= 4 is 25.1 Å². The normalized spacial score (nSPS) is 12.9. The second kappa shape index (κ2) is 7.67. The maximum Gasteiger partial charge on any atom is 0.358 e. The molecule has 98 valence electrons. The first kappa shape index (κ1) is 16.4. The third-order valence-corrected chi connectivity index (χ3v) is 4.38. The topological polar surface area (TPSA) is 64.6 Å². The predicted octanol–water partition coefficient (Wildman–Crippen LogP) is 2.63. The van der Waals surface area contributed by atoms with E-state index in [-0.39, 0.29) is 18.2 Å². The molecule has 7 heteroatoms. The number of halogens is 1. The zero-order valence-electron chi connectivity index (χ0n) is 9.94. The average Bonchev–Trinajstić information content (AvgIpc) is 2.25. The molecule has 0 heterocycles. The number of carbonyl (C=O) groups is 1. The fourth-order valence-electron chi connectivity index (χ4n) is 1.07. The molecule has 0 aliphatic rings. The lowest BCUT2D eigenvalue weighted by molar-refractivity contribution is -0.116. The molecule has 0 fully saturated rings. The number of hydrogen-bond acceptors (Lipinski definition) is 4. The van der Waals surface area contributed by atoms with Gasteiger partial charge in [0.15, 0.2) is 5.78 Å². The standard InChI is InChI=1S/C10H17ClNO4P/c1-5-9(13)12-10(8(4)11)17(14,15-6-2)16-7-3/h5,10H,1,4,6-7H2,2-3H3,(H,12,13). The predicted molar refractivity (Wildman–Crippen MR) is 68.0 cm³/mol. The first-order valence-electron chi connectivity index (χ1n) is 5.07. The molecule has 1 atom stereocenters. The Labute approximate surface area is 106 Å². The van der Waals surface area contributed by atoms with E-state index in [4.69, 9.17) is 20.6 Å². The van der Waals surface area contributed by atoms with E-state index in [1.54, 1.807) is 13.8 Å². The van der Waals surface area contributed by atoms with Crippen molar-refractivity contribution < 1.29 is 18.4 Å². The Morgan fingerprint density at radius 2 is 1.94 bits per heavy atom. The molecular weight excluding hydrogens is 265 g/mol. The summed E-state index contributed by atoms with van der Waals surface area (Å²) in [6, 6.07) is 0. The highest BCUT2D eigenvalue weighted by atomic mass is 35.5. The minimum Gasteiger partial charge on any atom is -0.334 e. The van der Waals surface area contributed by atoms with Crippen molar-refractivity contribution in [3.8, 4) is 0 Å². The van der Waals surface area contributed by atoms with Crippen LogP contribution in [0.2, 0.25) is 0 Å². The lowest BCUT2D eigenvalue weighted by Gasteiger charge is -2.25. The van der Waals surface area contributed by atoms with E-state index in [9.17, 15) is 9.36 Å². The van der Waals surface area contributed by atoms with Gasteiger partial charge >= 0.3 is 7.60 Å². The molecule has 17 heavy (non-hydrogen) atoms. The average molecular weight is 282 g/mol. The van der Waals surface area contributed by atoms with E-state index in [1.165, 1.54) is 0 Å². The van der Waals surface area contributed by atoms with Crippen molar-refractivity contribution in [2.45, 2.75) is 19.6 Å². The quantitative estimate of drug-likeness (QED) is 0.549. The van der Waals surface area contributed by atoms with Gasteiger partial charge in [0.1, 0.15) is 0 Å². The lowest BCUT2D eigenvalue weighted by Crippen LogP contribution is -2.34. The van der Waals surface area contributed by atoms with Gasteiger partial charge in [0.05, 0.1) is 13.2 Å². The van der Waals surface area contributed by atoms with Crippen molar-refractivity contribution in [3.63, 3.8) is 0 Å². The van der Waals surface area contributed by atoms with E-state index in [0.29, 0.717) is 0 Å². The van der Waals surface area contributed by atoms with Gasteiger partial charge in [0.2, 0.25) is 5.91 Å². The molecule has 0 aliphatic heterocycles. The Balaban J connectivity index is 5.09. The highest BCUT2D eigenvalue weighted by molar-refractivity contribution is 7.55. The van der Waals surface area contributed by atoms with Crippen LogP contribution in [0.25, 0.3) is 0 Å². The summed E-state index contributed by atoms with van der Waals surface area (Å²) >= 11 is 5.73. The van der Waals surface area contributed by atoms with Crippen molar-refractivity contribution in [2.75, 3.05) is 13.2 Å². The second-order valence-electron chi connectivity index (χ2n) is 2.94. The van der Waals surface area contributed by atoms with Crippen LogP contribution in [0.3, 0.4) is 0 Å². The molecule has 0 aliphatic carbocycles. The first-order valence-corrected chi connectivity index (χ1v) is 7.06. The molecule has 0 aromatic heterocycles. The second-order valence-corrected chi connectivity index (χ2v) is 5.54. The number of rotatable bonds is 8. The Morgan fingerprint density at radius 3 is 2.24 bits per heavy atom. The van der Waals surface area contributed by atoms with Crippen LogP contribution in [0.4, 0.5) is 0 Å². The Kier molecular flexibility index (Phi) is 7.39. The molecule has 0 rings (SSSR count). The summed E-state index contributed by atoms with van der Waals surface area (Å²) in [5.41, 5.74) is 0. The molecular formula is C10H17ClNO4P. The molecule has 0 radical (unpaired) electrons. The molecule has 0 aromatic rings. The SMILES string of the molecule is C=CC(=O)NC(C(=C)Cl)P(=O)(OCC)OCC. The molecule has 1 unspecified atom stereocenters. The van der Waals surface area contributed by atoms with Gasteiger partial charge < -0.3 is 14.4 Å². The van der Waals surface area contributed by atoms with Crippen LogP contribution >= 0.6 is 19.2 Å². The molecule has 0 bridgehead atoms. The summed E-state index contributed by atoms with van der Waals surface area (Å²) < 4.78 is 22.5. The van der Waals surface area contributed by atoms with Gasteiger partial charge in [0, 0.05) is 5.03 Å². The van der Waals surface area contributed by atoms with Gasteiger partial charge in [-0.15, -0.1) is 0 Å². The molecule has 1 amide bonds. The number of hydrogen-bond donors (Lipinski definition) is 1. The largest absolute Gasteiger partial charge is 0.358 e. The van der Waals surface area contributed by atoms with Gasteiger partial charge in [-0.2, -0.15) is 0 Å². The van der Waals surface area contributed by atoms with Crippen molar-refractivity contribution in [3.05, 3.63) is 24.3 Å². The maximum absolute atomic E-state index is 12.4. The fourth-order valence-corrected chi connectivity index (χ4v) is 3.20. The lowest BCUT2D eigenvalue weighted by atomic mass is 10.5. The monoisotopic (exact) mass is 281 g/mol. The summed E-state index contributed by atoms with van der Waals surface area (Å²) in [5, 5.41) is 2.35.